The first-order valence-corrected chi connectivity index (χ1v) is 14.9. The molecule has 3 aromatic carbocycles. The second-order valence-electron chi connectivity index (χ2n) is 10.9. The van der Waals surface area contributed by atoms with Crippen LogP contribution in [0.25, 0.3) is 16.9 Å². The van der Waals surface area contributed by atoms with Crippen molar-refractivity contribution in [3.05, 3.63) is 95.8 Å². The van der Waals surface area contributed by atoms with E-state index in [1.54, 1.807) is 18.2 Å². The molecule has 6 rings (SSSR count). The van der Waals surface area contributed by atoms with Crippen LogP contribution in [0.5, 0.6) is 0 Å². The Bertz CT molecular complexity index is 1840. The molecule has 5 aromatic rings. The lowest BCUT2D eigenvalue weighted by Gasteiger charge is -2.26. The normalized spacial score (nSPS) is 13.9. The van der Waals surface area contributed by atoms with Gasteiger partial charge >= 0.3 is 6.18 Å². The monoisotopic (exact) mass is 630 g/mol. The van der Waals surface area contributed by atoms with Crippen molar-refractivity contribution >= 4 is 40.1 Å². The number of morpholine rings is 1. The first-order valence-electron chi connectivity index (χ1n) is 14.9. The third kappa shape index (κ3) is 7.27. The fourth-order valence-electron chi connectivity index (χ4n) is 5.25. The molecule has 1 fully saturated rings. The van der Waals surface area contributed by atoms with Gasteiger partial charge in [-0.15, -0.1) is 0 Å². The number of nitrogens with zero attached hydrogens (tertiary/aromatic N) is 5. The van der Waals surface area contributed by atoms with Gasteiger partial charge in [-0.3, -0.25) is 14.3 Å². The third-order valence-corrected chi connectivity index (χ3v) is 7.70. The van der Waals surface area contributed by atoms with Gasteiger partial charge in [-0.1, -0.05) is 24.3 Å². The van der Waals surface area contributed by atoms with Crippen molar-refractivity contribution in [3.63, 3.8) is 0 Å². The van der Waals surface area contributed by atoms with E-state index in [1.165, 1.54) is 18.5 Å². The largest absolute Gasteiger partial charge is 0.416 e. The molecule has 0 spiro atoms. The van der Waals surface area contributed by atoms with Crippen molar-refractivity contribution in [1.29, 1.82) is 0 Å². The highest BCUT2D eigenvalue weighted by Crippen LogP contribution is 2.31. The minimum atomic E-state index is -4.55. The van der Waals surface area contributed by atoms with Gasteiger partial charge in [0, 0.05) is 42.6 Å². The van der Waals surface area contributed by atoms with Crippen LogP contribution in [0, 0.1) is 6.92 Å². The molecule has 238 valence electrons. The number of hydrogen-bond donors (Lipinski definition) is 3. The van der Waals surface area contributed by atoms with Crippen LogP contribution in [0.3, 0.4) is 0 Å². The van der Waals surface area contributed by atoms with Crippen LogP contribution in [0.1, 0.15) is 27.9 Å². The summed E-state index contributed by atoms with van der Waals surface area (Å²) < 4.78 is 46.9. The zero-order valence-electron chi connectivity index (χ0n) is 25.1. The van der Waals surface area contributed by atoms with Gasteiger partial charge in [0.25, 0.3) is 5.91 Å². The number of hydrogen-bond acceptors (Lipinski definition) is 8. The fourth-order valence-corrected chi connectivity index (χ4v) is 5.25. The van der Waals surface area contributed by atoms with E-state index in [4.69, 9.17) is 9.72 Å². The second-order valence-corrected chi connectivity index (χ2v) is 10.9. The first kappa shape index (κ1) is 31.0. The van der Waals surface area contributed by atoms with E-state index in [2.05, 4.69) is 30.8 Å². The summed E-state index contributed by atoms with van der Waals surface area (Å²) >= 11 is 0. The highest BCUT2D eigenvalue weighted by atomic mass is 19.4. The maximum absolute atomic E-state index is 13.2. The Morgan fingerprint density at radius 1 is 0.978 bits per heavy atom. The number of alkyl halides is 3. The predicted octanol–water partition coefficient (Wildman–Crippen LogP) is 6.27. The summed E-state index contributed by atoms with van der Waals surface area (Å²) in [6, 6.07) is 19.1. The molecular weight excluding hydrogens is 597 g/mol. The average molecular weight is 631 g/mol. The predicted molar refractivity (Wildman–Crippen MR) is 171 cm³/mol. The summed E-state index contributed by atoms with van der Waals surface area (Å²) in [6.45, 7) is 7.08. The van der Waals surface area contributed by atoms with Crippen molar-refractivity contribution in [1.82, 2.24) is 24.4 Å². The number of anilines is 4. The number of fused-ring (bicyclic) bond motifs is 1. The molecule has 0 unspecified atom stereocenters. The number of ether oxygens (including phenoxy) is 1. The highest BCUT2D eigenvalue weighted by molar-refractivity contribution is 6.04. The minimum absolute atomic E-state index is 0.0963. The Balaban J connectivity index is 1.22. The van der Waals surface area contributed by atoms with Gasteiger partial charge in [-0.25, -0.2) is 15.0 Å². The van der Waals surface area contributed by atoms with E-state index in [0.717, 1.165) is 74.5 Å². The van der Waals surface area contributed by atoms with Gasteiger partial charge in [0.15, 0.2) is 0 Å². The number of carbonyl (C=O) groups excluding carboxylic acids is 1. The zero-order valence-corrected chi connectivity index (χ0v) is 25.1. The standard InChI is InChI=1S/C33H33F3N8O2/c1-22-10-11-25(40-31(45)23-6-4-7-24(18-23)33(34,35)36)19-27(22)42-32-41-26-8-2-3-9-28(26)44(32)30-20-29(38-21-39-30)37-12-5-13-43-14-16-46-17-15-43/h2-4,6-11,18-21H,5,12-17H2,1H3,(H,40,45)(H,41,42)(H,37,38,39). The summed E-state index contributed by atoms with van der Waals surface area (Å²) in [4.78, 5) is 29.0. The lowest BCUT2D eigenvalue weighted by Crippen LogP contribution is -2.37. The minimum Gasteiger partial charge on any atom is -0.379 e. The number of imidazole rings is 1. The highest BCUT2D eigenvalue weighted by Gasteiger charge is 2.31. The molecule has 0 radical (unpaired) electrons. The molecule has 0 bridgehead atoms. The summed E-state index contributed by atoms with van der Waals surface area (Å²) in [7, 11) is 0. The molecule has 0 aliphatic carbocycles. The lowest BCUT2D eigenvalue weighted by molar-refractivity contribution is -0.137. The van der Waals surface area contributed by atoms with Crippen molar-refractivity contribution < 1.29 is 22.7 Å². The number of amides is 1. The molecule has 0 atom stereocenters. The van der Waals surface area contributed by atoms with Crippen LogP contribution in [0.2, 0.25) is 0 Å². The number of aryl methyl sites for hydroxylation is 1. The van der Waals surface area contributed by atoms with E-state index < -0.39 is 17.6 Å². The van der Waals surface area contributed by atoms with Crippen molar-refractivity contribution in [2.24, 2.45) is 0 Å². The maximum Gasteiger partial charge on any atom is 0.416 e. The third-order valence-electron chi connectivity index (χ3n) is 7.70. The van der Waals surface area contributed by atoms with Gasteiger partial charge in [-0.05, 0) is 67.9 Å². The van der Waals surface area contributed by atoms with Gasteiger partial charge in [0.2, 0.25) is 5.95 Å². The Labute approximate surface area is 263 Å². The molecule has 0 saturated carbocycles. The smallest absolute Gasteiger partial charge is 0.379 e. The average Bonchev–Trinajstić information content (AvgIpc) is 3.43. The number of halogens is 3. The molecule has 1 saturated heterocycles. The Morgan fingerprint density at radius 2 is 1.80 bits per heavy atom. The molecule has 2 aromatic heterocycles. The molecule has 3 heterocycles. The van der Waals surface area contributed by atoms with E-state index in [1.807, 2.05) is 41.8 Å². The zero-order chi connectivity index (χ0) is 32.1. The molecule has 1 aliphatic rings. The maximum atomic E-state index is 13.2. The Kier molecular flexibility index (Phi) is 9.13. The van der Waals surface area contributed by atoms with Gasteiger partial charge in [0.1, 0.15) is 18.0 Å². The van der Waals surface area contributed by atoms with E-state index >= 15 is 0 Å². The molecule has 46 heavy (non-hydrogen) atoms. The number of aromatic nitrogens is 4. The first-order chi connectivity index (χ1) is 22.2. The number of benzene rings is 3. The summed E-state index contributed by atoms with van der Waals surface area (Å²) in [5.74, 6) is 1.13. The van der Waals surface area contributed by atoms with Gasteiger partial charge in [0.05, 0.1) is 29.8 Å². The van der Waals surface area contributed by atoms with E-state index in [0.29, 0.717) is 29.0 Å². The van der Waals surface area contributed by atoms with Gasteiger partial charge in [-0.2, -0.15) is 13.2 Å². The van der Waals surface area contributed by atoms with E-state index in [9.17, 15) is 18.0 Å². The van der Waals surface area contributed by atoms with Crippen LogP contribution >= 0.6 is 0 Å². The van der Waals surface area contributed by atoms with Crippen molar-refractivity contribution in [3.8, 4) is 5.82 Å². The molecule has 13 heteroatoms. The Hall–Kier alpha value is -5.01. The molecule has 3 N–H and O–H groups in total. The van der Waals surface area contributed by atoms with Crippen LogP contribution < -0.4 is 16.0 Å². The summed E-state index contributed by atoms with van der Waals surface area (Å²) in [5.41, 5.74) is 2.50. The quantitative estimate of drug-likeness (QED) is 0.155. The number of para-hydroxylation sites is 2. The molecule has 1 aliphatic heterocycles. The SMILES string of the molecule is Cc1ccc(NC(=O)c2cccc(C(F)(F)F)c2)cc1Nc1nc2ccccc2n1-c1cc(NCCCN2CCOCC2)ncn1. The summed E-state index contributed by atoms with van der Waals surface area (Å²) in [6.07, 6.45) is -2.08. The second kappa shape index (κ2) is 13.5. The molecule has 1 amide bonds. The number of carbonyl (C=O) groups is 1. The lowest BCUT2D eigenvalue weighted by atomic mass is 10.1. The van der Waals surface area contributed by atoms with Gasteiger partial charge < -0.3 is 20.7 Å². The van der Waals surface area contributed by atoms with Crippen LogP contribution in [0.15, 0.2) is 79.1 Å². The topological polar surface area (TPSA) is 109 Å². The van der Waals surface area contributed by atoms with E-state index in [-0.39, 0.29) is 5.56 Å². The van der Waals surface area contributed by atoms with Crippen LogP contribution in [-0.4, -0.2) is 69.7 Å². The van der Waals surface area contributed by atoms with Crippen LogP contribution in [-0.2, 0) is 10.9 Å². The van der Waals surface area contributed by atoms with Crippen molar-refractivity contribution in [2.45, 2.75) is 19.5 Å². The molecular formula is C33H33F3N8O2. The number of rotatable bonds is 10. The fraction of sp³-hybridized carbons (Fsp3) is 0.273. The Morgan fingerprint density at radius 3 is 2.63 bits per heavy atom. The van der Waals surface area contributed by atoms with Crippen molar-refractivity contribution in [2.75, 3.05) is 55.3 Å². The van der Waals surface area contributed by atoms with Crippen LogP contribution in [0.4, 0.5) is 36.3 Å². The molecule has 10 nitrogen and oxygen atoms in total. The number of nitrogens with one attached hydrogen (secondary N) is 3. The summed E-state index contributed by atoms with van der Waals surface area (Å²) in [5, 5.41) is 9.48.